The van der Waals surface area contributed by atoms with Crippen LogP contribution in [0.25, 0.3) is 0 Å². The van der Waals surface area contributed by atoms with Crippen LogP contribution in [0.4, 0.5) is 0 Å². The molecule has 4 heteroatoms. The van der Waals surface area contributed by atoms with Gasteiger partial charge in [0.2, 0.25) is 0 Å². The Bertz CT molecular complexity index is 509. The van der Waals surface area contributed by atoms with Gasteiger partial charge in [0.1, 0.15) is 13.2 Å². The van der Waals surface area contributed by atoms with Gasteiger partial charge in [-0.25, -0.2) is 0 Å². The number of benzene rings is 1. The van der Waals surface area contributed by atoms with Gasteiger partial charge in [-0.1, -0.05) is 6.07 Å². The fraction of sp³-hybridized carbons (Fsp3) is 0.667. The first-order valence-corrected chi connectivity index (χ1v) is 8.61. The molecule has 2 fully saturated rings. The Labute approximate surface area is 132 Å². The van der Waals surface area contributed by atoms with E-state index in [2.05, 4.69) is 23.5 Å². The molecule has 1 aromatic carbocycles. The van der Waals surface area contributed by atoms with Gasteiger partial charge in [-0.3, -0.25) is 0 Å². The van der Waals surface area contributed by atoms with Crippen molar-refractivity contribution in [2.24, 2.45) is 11.8 Å². The van der Waals surface area contributed by atoms with Crippen LogP contribution in [0.1, 0.15) is 37.3 Å². The van der Waals surface area contributed by atoms with Gasteiger partial charge < -0.3 is 19.5 Å². The molecule has 0 amide bonds. The second-order valence-corrected chi connectivity index (χ2v) is 6.68. The Hall–Kier alpha value is -1.26. The van der Waals surface area contributed by atoms with Crippen LogP contribution in [0.3, 0.4) is 0 Å². The van der Waals surface area contributed by atoms with Crippen molar-refractivity contribution in [1.82, 2.24) is 5.32 Å². The largest absolute Gasteiger partial charge is 0.486 e. The van der Waals surface area contributed by atoms with Crippen molar-refractivity contribution in [3.8, 4) is 11.5 Å². The second kappa shape index (κ2) is 6.47. The van der Waals surface area contributed by atoms with Crippen molar-refractivity contribution in [1.29, 1.82) is 0 Å². The first kappa shape index (κ1) is 14.3. The molecule has 1 atom stereocenters. The molecule has 0 radical (unpaired) electrons. The SMILES string of the molecule is c1cc2c(cc1[C@@H](NCC1CCOCC1)C1CC1)OCCO2. The van der Waals surface area contributed by atoms with E-state index in [0.717, 1.165) is 43.1 Å². The summed E-state index contributed by atoms with van der Waals surface area (Å²) in [5.41, 5.74) is 1.35. The van der Waals surface area contributed by atoms with Crippen LogP contribution in [0.15, 0.2) is 18.2 Å². The predicted octanol–water partition coefficient (Wildman–Crippen LogP) is 2.93. The van der Waals surface area contributed by atoms with Crippen molar-refractivity contribution in [2.45, 2.75) is 31.7 Å². The molecule has 4 rings (SSSR count). The van der Waals surface area contributed by atoms with E-state index in [-0.39, 0.29) is 0 Å². The number of ether oxygens (including phenoxy) is 3. The van der Waals surface area contributed by atoms with Crippen molar-refractivity contribution in [3.05, 3.63) is 23.8 Å². The Morgan fingerprint density at radius 3 is 2.50 bits per heavy atom. The maximum absolute atomic E-state index is 5.74. The smallest absolute Gasteiger partial charge is 0.161 e. The highest BCUT2D eigenvalue weighted by atomic mass is 16.6. The van der Waals surface area contributed by atoms with E-state index in [1.807, 2.05) is 0 Å². The van der Waals surface area contributed by atoms with Crippen molar-refractivity contribution >= 4 is 0 Å². The van der Waals surface area contributed by atoms with E-state index in [4.69, 9.17) is 14.2 Å². The molecule has 3 aliphatic rings. The Balaban J connectivity index is 1.44. The third kappa shape index (κ3) is 3.23. The molecular weight excluding hydrogens is 278 g/mol. The van der Waals surface area contributed by atoms with E-state index in [9.17, 15) is 0 Å². The highest BCUT2D eigenvalue weighted by Crippen LogP contribution is 2.43. The zero-order chi connectivity index (χ0) is 14.8. The topological polar surface area (TPSA) is 39.7 Å². The predicted molar refractivity (Wildman–Crippen MR) is 84.4 cm³/mol. The van der Waals surface area contributed by atoms with Crippen molar-refractivity contribution in [3.63, 3.8) is 0 Å². The minimum absolute atomic E-state index is 0.457. The van der Waals surface area contributed by atoms with Gasteiger partial charge in [0.15, 0.2) is 11.5 Å². The molecule has 0 unspecified atom stereocenters. The average molecular weight is 303 g/mol. The number of fused-ring (bicyclic) bond motifs is 1. The molecule has 1 saturated carbocycles. The van der Waals surface area contributed by atoms with Crippen LogP contribution in [0.5, 0.6) is 11.5 Å². The second-order valence-electron chi connectivity index (χ2n) is 6.68. The van der Waals surface area contributed by atoms with Crippen LogP contribution in [0.2, 0.25) is 0 Å². The minimum Gasteiger partial charge on any atom is -0.486 e. The van der Waals surface area contributed by atoms with Crippen LogP contribution in [0, 0.1) is 11.8 Å². The fourth-order valence-electron chi connectivity index (χ4n) is 3.48. The summed E-state index contributed by atoms with van der Waals surface area (Å²) >= 11 is 0. The lowest BCUT2D eigenvalue weighted by Crippen LogP contribution is -2.31. The summed E-state index contributed by atoms with van der Waals surface area (Å²) in [5, 5.41) is 3.82. The molecule has 22 heavy (non-hydrogen) atoms. The Morgan fingerprint density at radius 2 is 1.73 bits per heavy atom. The summed E-state index contributed by atoms with van der Waals surface area (Å²) in [6.07, 6.45) is 5.04. The van der Waals surface area contributed by atoms with Gasteiger partial charge in [0, 0.05) is 19.3 Å². The fourth-order valence-corrected chi connectivity index (χ4v) is 3.48. The third-order valence-corrected chi connectivity index (χ3v) is 4.99. The first-order chi connectivity index (χ1) is 10.9. The summed E-state index contributed by atoms with van der Waals surface area (Å²) in [6.45, 7) is 4.24. The zero-order valence-corrected chi connectivity index (χ0v) is 13.1. The molecule has 1 aromatic rings. The Morgan fingerprint density at radius 1 is 0.955 bits per heavy atom. The van der Waals surface area contributed by atoms with Crippen molar-refractivity contribution < 1.29 is 14.2 Å². The van der Waals surface area contributed by atoms with Crippen molar-refractivity contribution in [2.75, 3.05) is 33.0 Å². The monoisotopic (exact) mass is 303 g/mol. The summed E-state index contributed by atoms with van der Waals surface area (Å²) in [4.78, 5) is 0. The highest BCUT2D eigenvalue weighted by molar-refractivity contribution is 5.45. The van der Waals surface area contributed by atoms with E-state index in [0.29, 0.717) is 19.3 Å². The Kier molecular flexibility index (Phi) is 4.22. The lowest BCUT2D eigenvalue weighted by Gasteiger charge is -2.27. The van der Waals surface area contributed by atoms with E-state index in [1.165, 1.54) is 31.2 Å². The molecule has 0 spiro atoms. The molecule has 1 aliphatic carbocycles. The lowest BCUT2D eigenvalue weighted by molar-refractivity contribution is 0.0652. The standard InChI is InChI=1S/C18H25NO3/c1-2-14(1)18(19-12-13-5-7-20-8-6-13)15-3-4-16-17(11-15)22-10-9-21-16/h3-4,11,13-14,18-19H,1-2,5-10,12H2/t18-/m0/s1. The van der Waals surface area contributed by atoms with Gasteiger partial charge in [0.25, 0.3) is 0 Å². The number of hydrogen-bond donors (Lipinski definition) is 1. The van der Waals surface area contributed by atoms with E-state index < -0.39 is 0 Å². The zero-order valence-electron chi connectivity index (χ0n) is 13.1. The molecule has 2 aliphatic heterocycles. The molecule has 1 N–H and O–H groups in total. The van der Waals surface area contributed by atoms with Gasteiger partial charge in [-0.15, -0.1) is 0 Å². The number of rotatable bonds is 5. The van der Waals surface area contributed by atoms with Crippen LogP contribution < -0.4 is 14.8 Å². The van der Waals surface area contributed by atoms with Crippen LogP contribution in [-0.4, -0.2) is 33.0 Å². The van der Waals surface area contributed by atoms with Gasteiger partial charge in [-0.2, -0.15) is 0 Å². The molecule has 0 bridgehead atoms. The number of nitrogens with one attached hydrogen (secondary N) is 1. The van der Waals surface area contributed by atoms with Gasteiger partial charge >= 0.3 is 0 Å². The molecule has 1 saturated heterocycles. The van der Waals surface area contributed by atoms with E-state index >= 15 is 0 Å². The molecule has 4 nitrogen and oxygen atoms in total. The summed E-state index contributed by atoms with van der Waals surface area (Å²) in [5.74, 6) is 3.32. The third-order valence-electron chi connectivity index (χ3n) is 4.99. The quantitative estimate of drug-likeness (QED) is 0.908. The van der Waals surface area contributed by atoms with Gasteiger partial charge in [-0.05, 0) is 61.8 Å². The minimum atomic E-state index is 0.457. The highest BCUT2D eigenvalue weighted by Gasteiger charge is 2.33. The molecule has 0 aromatic heterocycles. The van der Waals surface area contributed by atoms with E-state index in [1.54, 1.807) is 0 Å². The summed E-state index contributed by atoms with van der Waals surface area (Å²) in [7, 11) is 0. The maximum atomic E-state index is 5.74. The average Bonchev–Trinajstić information content (AvgIpc) is 3.41. The maximum Gasteiger partial charge on any atom is 0.161 e. The molecule has 120 valence electrons. The summed E-state index contributed by atoms with van der Waals surface area (Å²) in [6, 6.07) is 6.90. The van der Waals surface area contributed by atoms with Crippen LogP contribution in [-0.2, 0) is 4.74 Å². The summed E-state index contributed by atoms with van der Waals surface area (Å²) < 4.78 is 16.8. The molecule has 2 heterocycles. The first-order valence-electron chi connectivity index (χ1n) is 8.61. The van der Waals surface area contributed by atoms with Crippen LogP contribution >= 0.6 is 0 Å². The normalized spacial score (nSPS) is 23.3. The van der Waals surface area contributed by atoms with Gasteiger partial charge in [0.05, 0.1) is 0 Å². The number of hydrogen-bond acceptors (Lipinski definition) is 4. The lowest BCUT2D eigenvalue weighted by atomic mass is 9.97. The molecular formula is C18H25NO3.